The van der Waals surface area contributed by atoms with Crippen molar-refractivity contribution in [3.8, 4) is 0 Å². The third-order valence-corrected chi connectivity index (χ3v) is 4.99. The highest BCUT2D eigenvalue weighted by Gasteiger charge is 2.30. The summed E-state index contributed by atoms with van der Waals surface area (Å²) in [5.41, 5.74) is 2.51. The lowest BCUT2D eigenvalue weighted by Gasteiger charge is -2.28. The summed E-state index contributed by atoms with van der Waals surface area (Å²) in [5, 5.41) is 0. The molecule has 0 N–H and O–H groups in total. The van der Waals surface area contributed by atoms with Gasteiger partial charge in [-0.25, -0.2) is 0 Å². The van der Waals surface area contributed by atoms with Gasteiger partial charge in [-0.15, -0.1) is 0 Å². The maximum Gasteiger partial charge on any atom is 0.416 e. The van der Waals surface area contributed by atoms with Crippen LogP contribution in [0.2, 0.25) is 0 Å². The maximum absolute atomic E-state index is 12.7. The Kier molecular flexibility index (Phi) is 5.68. The molecule has 0 radical (unpaired) electrons. The van der Waals surface area contributed by atoms with Crippen LogP contribution in [0.3, 0.4) is 0 Å². The lowest BCUT2D eigenvalue weighted by Crippen LogP contribution is -2.35. The Balaban J connectivity index is 1.58. The van der Waals surface area contributed by atoms with Gasteiger partial charge in [0.2, 0.25) is 5.91 Å². The van der Waals surface area contributed by atoms with Crippen molar-refractivity contribution >= 4 is 11.5 Å². The molecule has 2 nitrogen and oxygen atoms in total. The van der Waals surface area contributed by atoms with Crippen LogP contribution >= 0.6 is 0 Å². The second kappa shape index (κ2) is 7.99. The number of carbonyl (C=O) groups excluding carboxylic acids is 1. The second-order valence-corrected chi connectivity index (χ2v) is 6.91. The van der Waals surface area contributed by atoms with Crippen molar-refractivity contribution in [3.05, 3.63) is 77.4 Å². The fourth-order valence-electron chi connectivity index (χ4n) is 3.32. The zero-order valence-corrected chi connectivity index (χ0v) is 15.2. The maximum atomic E-state index is 12.7. The Morgan fingerprint density at radius 3 is 2.30 bits per heavy atom. The quantitative estimate of drug-likeness (QED) is 0.691. The fourth-order valence-corrected chi connectivity index (χ4v) is 3.32. The Hall–Kier alpha value is -2.56. The van der Waals surface area contributed by atoms with E-state index in [1.165, 1.54) is 23.3 Å². The van der Waals surface area contributed by atoms with Crippen molar-refractivity contribution in [2.45, 2.75) is 31.9 Å². The van der Waals surface area contributed by atoms with Crippen molar-refractivity contribution in [1.82, 2.24) is 4.90 Å². The molecule has 0 fully saturated rings. The molecule has 1 aliphatic heterocycles. The molecule has 0 saturated carbocycles. The highest BCUT2D eigenvalue weighted by molar-refractivity contribution is 5.79. The molecule has 1 aliphatic rings. The summed E-state index contributed by atoms with van der Waals surface area (Å²) >= 11 is 0. The van der Waals surface area contributed by atoms with E-state index in [1.54, 1.807) is 0 Å². The van der Waals surface area contributed by atoms with Crippen molar-refractivity contribution < 1.29 is 18.0 Å². The van der Waals surface area contributed by atoms with Gasteiger partial charge in [0, 0.05) is 19.5 Å². The molecular formula is C22H22F3NO. The lowest BCUT2D eigenvalue weighted by molar-refractivity contribution is -0.137. The minimum atomic E-state index is -4.34. The summed E-state index contributed by atoms with van der Waals surface area (Å²) in [6, 6.07) is 15.2. The zero-order chi connectivity index (χ0) is 19.4. The highest BCUT2D eigenvalue weighted by Crippen LogP contribution is 2.31. The molecule has 2 aromatic carbocycles. The van der Waals surface area contributed by atoms with Crippen LogP contribution in [0, 0.1) is 0 Å². The van der Waals surface area contributed by atoms with Crippen molar-refractivity contribution in [3.63, 3.8) is 0 Å². The zero-order valence-electron chi connectivity index (χ0n) is 15.2. The first kappa shape index (κ1) is 19.2. The van der Waals surface area contributed by atoms with Gasteiger partial charge >= 0.3 is 6.18 Å². The van der Waals surface area contributed by atoms with Crippen molar-refractivity contribution in [2.75, 3.05) is 13.1 Å². The van der Waals surface area contributed by atoms with Gasteiger partial charge in [-0.1, -0.05) is 55.5 Å². The molecule has 0 spiro atoms. The minimum Gasteiger partial charge on any atom is -0.339 e. The average molecular weight is 373 g/mol. The number of halogens is 3. The summed E-state index contributed by atoms with van der Waals surface area (Å²) in [6.07, 6.45) is -1.15. The van der Waals surface area contributed by atoms with Gasteiger partial charge in [0.15, 0.2) is 0 Å². The number of amides is 1. The summed E-state index contributed by atoms with van der Waals surface area (Å²) in [7, 11) is 0. The predicted molar refractivity (Wildman–Crippen MR) is 100 cm³/mol. The predicted octanol–water partition coefficient (Wildman–Crippen LogP) is 5.51. The summed E-state index contributed by atoms with van der Waals surface area (Å²) < 4.78 is 38.0. The topological polar surface area (TPSA) is 20.3 Å². The molecule has 0 saturated heterocycles. The second-order valence-electron chi connectivity index (χ2n) is 6.91. The van der Waals surface area contributed by atoms with Crippen LogP contribution in [0.15, 0.2) is 60.7 Å². The number of hydrogen-bond donors (Lipinski definition) is 0. The van der Waals surface area contributed by atoms with Gasteiger partial charge in [0.05, 0.1) is 5.56 Å². The SMILES string of the molecule is CC(CC(=O)N1CC=C(c2ccccc2)CC1)c1ccc(C(F)(F)F)cc1. The number of hydrogen-bond acceptors (Lipinski definition) is 1. The number of benzene rings is 2. The first-order valence-electron chi connectivity index (χ1n) is 9.04. The van der Waals surface area contributed by atoms with E-state index in [9.17, 15) is 18.0 Å². The van der Waals surface area contributed by atoms with Gasteiger partial charge in [0.25, 0.3) is 0 Å². The molecule has 1 amide bonds. The van der Waals surface area contributed by atoms with Crippen LogP contribution in [-0.4, -0.2) is 23.9 Å². The molecule has 3 rings (SSSR count). The van der Waals surface area contributed by atoms with Crippen LogP contribution in [0.4, 0.5) is 13.2 Å². The van der Waals surface area contributed by atoms with E-state index in [-0.39, 0.29) is 11.8 Å². The number of carbonyl (C=O) groups is 1. The Morgan fingerprint density at radius 1 is 1.07 bits per heavy atom. The number of rotatable bonds is 4. The Morgan fingerprint density at radius 2 is 1.74 bits per heavy atom. The van der Waals surface area contributed by atoms with Crippen LogP contribution in [-0.2, 0) is 11.0 Å². The van der Waals surface area contributed by atoms with Gasteiger partial charge in [-0.2, -0.15) is 13.2 Å². The van der Waals surface area contributed by atoms with Crippen molar-refractivity contribution in [1.29, 1.82) is 0 Å². The molecule has 2 aromatic rings. The first-order valence-corrected chi connectivity index (χ1v) is 9.04. The molecule has 27 heavy (non-hydrogen) atoms. The van der Waals surface area contributed by atoms with Crippen LogP contribution in [0.1, 0.15) is 42.4 Å². The average Bonchev–Trinajstić information content (AvgIpc) is 2.68. The summed E-state index contributed by atoms with van der Waals surface area (Å²) in [6.45, 7) is 3.11. The van der Waals surface area contributed by atoms with E-state index in [0.717, 1.165) is 24.1 Å². The van der Waals surface area contributed by atoms with Crippen LogP contribution in [0.5, 0.6) is 0 Å². The molecule has 0 aliphatic carbocycles. The van der Waals surface area contributed by atoms with Gasteiger partial charge in [-0.3, -0.25) is 4.79 Å². The van der Waals surface area contributed by atoms with E-state index in [0.29, 0.717) is 19.5 Å². The van der Waals surface area contributed by atoms with E-state index in [2.05, 4.69) is 18.2 Å². The van der Waals surface area contributed by atoms with E-state index < -0.39 is 11.7 Å². The summed E-state index contributed by atoms with van der Waals surface area (Å²) in [4.78, 5) is 14.4. The number of nitrogens with zero attached hydrogens (tertiary/aromatic N) is 1. The number of alkyl halides is 3. The molecule has 1 heterocycles. The third kappa shape index (κ3) is 4.79. The molecule has 5 heteroatoms. The molecular weight excluding hydrogens is 351 g/mol. The van der Waals surface area contributed by atoms with Gasteiger partial charge in [0.1, 0.15) is 0 Å². The molecule has 1 atom stereocenters. The van der Waals surface area contributed by atoms with Crippen LogP contribution < -0.4 is 0 Å². The van der Waals surface area contributed by atoms with Gasteiger partial charge < -0.3 is 4.90 Å². The van der Waals surface area contributed by atoms with Crippen molar-refractivity contribution in [2.24, 2.45) is 0 Å². The van der Waals surface area contributed by atoms with E-state index >= 15 is 0 Å². The standard InChI is InChI=1S/C22H22F3NO/c1-16(17-7-9-20(10-8-17)22(23,24)25)15-21(27)26-13-11-19(12-14-26)18-5-3-2-4-6-18/h2-11,16H,12-15H2,1H3. The lowest BCUT2D eigenvalue weighted by atomic mass is 9.95. The monoisotopic (exact) mass is 373 g/mol. The normalized spacial score (nSPS) is 16.0. The Bertz CT molecular complexity index is 810. The highest BCUT2D eigenvalue weighted by atomic mass is 19.4. The molecule has 1 unspecified atom stereocenters. The first-order chi connectivity index (χ1) is 12.8. The van der Waals surface area contributed by atoms with Gasteiger partial charge in [-0.05, 0) is 41.2 Å². The van der Waals surface area contributed by atoms with E-state index in [4.69, 9.17) is 0 Å². The molecule has 142 valence electrons. The minimum absolute atomic E-state index is 0.0331. The summed E-state index contributed by atoms with van der Waals surface area (Å²) in [5.74, 6) is -0.0926. The molecule has 0 bridgehead atoms. The third-order valence-electron chi connectivity index (χ3n) is 4.99. The van der Waals surface area contributed by atoms with E-state index in [1.807, 2.05) is 30.0 Å². The fraction of sp³-hybridized carbons (Fsp3) is 0.318. The molecule has 0 aromatic heterocycles. The largest absolute Gasteiger partial charge is 0.416 e. The Labute approximate surface area is 157 Å². The van der Waals surface area contributed by atoms with Crippen LogP contribution in [0.25, 0.3) is 5.57 Å². The smallest absolute Gasteiger partial charge is 0.339 e.